The summed E-state index contributed by atoms with van der Waals surface area (Å²) in [4.78, 5) is 23.9. The fourth-order valence-electron chi connectivity index (χ4n) is 1.67. The number of aromatic nitrogens is 1. The third-order valence-electron chi connectivity index (χ3n) is 2.49. The second-order valence-electron chi connectivity index (χ2n) is 3.50. The van der Waals surface area contributed by atoms with Gasteiger partial charge >= 0.3 is 29.6 Å². The van der Waals surface area contributed by atoms with E-state index in [1.54, 1.807) is 6.20 Å². The molecule has 0 fully saturated rings. The van der Waals surface area contributed by atoms with Crippen LogP contribution in [0.4, 0.5) is 0 Å². The Kier molecular flexibility index (Phi) is 4.86. The number of hydrogen-bond acceptors (Lipinski definition) is 4. The molecule has 0 saturated carbocycles. The van der Waals surface area contributed by atoms with Crippen molar-refractivity contribution in [3.05, 3.63) is 40.9 Å². The van der Waals surface area contributed by atoms with Crippen LogP contribution in [-0.2, 0) is 11.2 Å². The molecule has 2 rings (SSSR count). The van der Waals surface area contributed by atoms with Crippen molar-refractivity contribution >= 4 is 16.9 Å². The standard InChI is InChI=1S/C11H10N2O3.Na/c14-11(15)10(13-16)5-7-6-12-9-4-2-1-3-8(7)9;/h1-4,6,10,12H,5H2,(H,14,15);/q;+1/p-1/t10-;/m0./s1. The van der Waals surface area contributed by atoms with Crippen molar-refractivity contribution in [3.63, 3.8) is 0 Å². The molecule has 0 unspecified atom stereocenters. The summed E-state index contributed by atoms with van der Waals surface area (Å²) in [5.74, 6) is -1.44. The van der Waals surface area contributed by atoms with E-state index in [2.05, 4.69) is 10.2 Å². The van der Waals surface area contributed by atoms with Gasteiger partial charge in [-0.25, -0.2) is 0 Å². The van der Waals surface area contributed by atoms with E-state index in [0.717, 1.165) is 16.5 Å². The van der Waals surface area contributed by atoms with Gasteiger partial charge in [0.1, 0.15) is 6.04 Å². The molecule has 1 atom stereocenters. The van der Waals surface area contributed by atoms with Gasteiger partial charge in [-0.05, 0) is 11.6 Å². The van der Waals surface area contributed by atoms with Crippen LogP contribution < -0.4 is 34.7 Å². The fourth-order valence-corrected chi connectivity index (χ4v) is 1.67. The Balaban J connectivity index is 0.00000144. The third kappa shape index (κ3) is 2.94. The summed E-state index contributed by atoms with van der Waals surface area (Å²) >= 11 is 0. The molecule has 1 heterocycles. The number of nitroso groups, excluding NO2 is 1. The molecule has 0 bridgehead atoms. The van der Waals surface area contributed by atoms with Crippen LogP contribution in [0.2, 0.25) is 0 Å². The number of aromatic amines is 1. The largest absolute Gasteiger partial charge is 1.00 e. The van der Waals surface area contributed by atoms with Crippen molar-refractivity contribution in [1.82, 2.24) is 4.98 Å². The molecule has 1 aromatic carbocycles. The molecule has 82 valence electrons. The van der Waals surface area contributed by atoms with Crippen LogP contribution in [0, 0.1) is 4.91 Å². The second-order valence-corrected chi connectivity index (χ2v) is 3.50. The van der Waals surface area contributed by atoms with Crippen LogP contribution >= 0.6 is 0 Å². The molecule has 1 N–H and O–H groups in total. The first-order valence-electron chi connectivity index (χ1n) is 4.80. The SMILES string of the molecule is O=N[C@@H](Cc1c[nH]c2ccccc12)C(=O)[O-].[Na+]. The fraction of sp³-hybridized carbons (Fsp3) is 0.182. The number of carbonyl (C=O) groups is 1. The van der Waals surface area contributed by atoms with Gasteiger partial charge < -0.3 is 14.9 Å². The quantitative estimate of drug-likeness (QED) is 0.477. The zero-order valence-electron chi connectivity index (χ0n) is 9.34. The molecule has 1 aromatic heterocycles. The van der Waals surface area contributed by atoms with Crippen molar-refractivity contribution in [1.29, 1.82) is 0 Å². The smallest absolute Gasteiger partial charge is 0.548 e. The van der Waals surface area contributed by atoms with E-state index in [1.165, 1.54) is 0 Å². The number of carboxylic acids is 1. The first-order chi connectivity index (χ1) is 7.72. The van der Waals surface area contributed by atoms with Gasteiger partial charge in [0.2, 0.25) is 0 Å². The van der Waals surface area contributed by atoms with Gasteiger partial charge in [0.15, 0.2) is 0 Å². The normalized spacial score (nSPS) is 11.8. The Hall–Kier alpha value is -1.17. The Morgan fingerprint density at radius 3 is 2.76 bits per heavy atom. The van der Waals surface area contributed by atoms with Crippen LogP contribution in [0.1, 0.15) is 5.56 Å². The van der Waals surface area contributed by atoms with Crippen LogP contribution in [0.3, 0.4) is 0 Å². The number of benzene rings is 1. The average molecular weight is 240 g/mol. The summed E-state index contributed by atoms with van der Waals surface area (Å²) in [6, 6.07) is 6.12. The summed E-state index contributed by atoms with van der Waals surface area (Å²) in [6.07, 6.45) is 1.74. The summed E-state index contributed by atoms with van der Waals surface area (Å²) in [7, 11) is 0. The van der Waals surface area contributed by atoms with Crippen molar-refractivity contribution < 1.29 is 39.5 Å². The minimum atomic E-state index is -1.44. The number of carboxylic acid groups (broad SMARTS) is 1. The van der Waals surface area contributed by atoms with Crippen LogP contribution in [0.15, 0.2) is 35.6 Å². The second kappa shape index (κ2) is 5.95. The summed E-state index contributed by atoms with van der Waals surface area (Å²) < 4.78 is 0. The monoisotopic (exact) mass is 240 g/mol. The molecule has 0 radical (unpaired) electrons. The predicted octanol–water partition coefficient (Wildman–Crippen LogP) is -2.40. The minimum absolute atomic E-state index is 0. The molecule has 0 aliphatic rings. The van der Waals surface area contributed by atoms with Gasteiger partial charge in [-0.2, -0.15) is 4.91 Å². The van der Waals surface area contributed by atoms with Crippen molar-refractivity contribution in [2.24, 2.45) is 5.18 Å². The summed E-state index contributed by atoms with van der Waals surface area (Å²) in [5, 5.41) is 14.0. The summed E-state index contributed by atoms with van der Waals surface area (Å²) in [6.45, 7) is 0. The Morgan fingerprint density at radius 1 is 1.41 bits per heavy atom. The maximum atomic E-state index is 10.6. The maximum Gasteiger partial charge on any atom is 1.00 e. The average Bonchev–Trinajstić information content (AvgIpc) is 2.69. The van der Waals surface area contributed by atoms with Gasteiger partial charge in [0.05, 0.1) is 5.97 Å². The Bertz CT molecular complexity index is 538. The van der Waals surface area contributed by atoms with Gasteiger partial charge in [-0.15, -0.1) is 0 Å². The molecule has 5 nitrogen and oxygen atoms in total. The molecule has 0 amide bonds. The van der Waals surface area contributed by atoms with E-state index in [0.29, 0.717) is 0 Å². The topological polar surface area (TPSA) is 85.3 Å². The van der Waals surface area contributed by atoms with Crippen molar-refractivity contribution in [2.45, 2.75) is 12.5 Å². The zero-order valence-corrected chi connectivity index (χ0v) is 11.3. The molecule has 0 aliphatic carbocycles. The molecule has 6 heteroatoms. The third-order valence-corrected chi connectivity index (χ3v) is 2.49. The van der Waals surface area contributed by atoms with Crippen LogP contribution in [0.25, 0.3) is 10.9 Å². The number of para-hydroxylation sites is 1. The number of hydrogen-bond donors (Lipinski definition) is 1. The van der Waals surface area contributed by atoms with Crippen molar-refractivity contribution in [3.8, 4) is 0 Å². The number of fused-ring (bicyclic) bond motifs is 1. The Labute approximate surface area is 119 Å². The van der Waals surface area contributed by atoms with Crippen LogP contribution in [-0.4, -0.2) is 17.0 Å². The van der Waals surface area contributed by atoms with E-state index < -0.39 is 12.0 Å². The van der Waals surface area contributed by atoms with E-state index >= 15 is 0 Å². The number of rotatable bonds is 4. The molecule has 0 spiro atoms. The number of carbonyl (C=O) groups excluding carboxylic acids is 1. The van der Waals surface area contributed by atoms with E-state index in [4.69, 9.17) is 0 Å². The van der Waals surface area contributed by atoms with Gasteiger partial charge in [0, 0.05) is 23.5 Å². The molecule has 2 aromatic rings. The van der Waals surface area contributed by atoms with Crippen LogP contribution in [0.5, 0.6) is 0 Å². The van der Waals surface area contributed by atoms with Gasteiger partial charge in [-0.3, -0.25) is 0 Å². The maximum absolute atomic E-state index is 10.6. The number of nitrogens with zero attached hydrogens (tertiary/aromatic N) is 1. The van der Waals surface area contributed by atoms with Crippen molar-refractivity contribution in [2.75, 3.05) is 0 Å². The van der Waals surface area contributed by atoms with Gasteiger partial charge in [-0.1, -0.05) is 23.4 Å². The molecular formula is C11H9N2NaO3. The number of aliphatic carboxylic acids is 1. The predicted molar refractivity (Wildman–Crippen MR) is 56.6 cm³/mol. The molecule has 17 heavy (non-hydrogen) atoms. The summed E-state index contributed by atoms with van der Waals surface area (Å²) in [5.41, 5.74) is 1.66. The first-order valence-corrected chi connectivity index (χ1v) is 4.80. The van der Waals surface area contributed by atoms with E-state index in [-0.39, 0.29) is 36.0 Å². The number of nitrogens with one attached hydrogen (secondary N) is 1. The Morgan fingerprint density at radius 2 is 2.12 bits per heavy atom. The molecule has 0 saturated heterocycles. The van der Waals surface area contributed by atoms with Gasteiger partial charge in [0.25, 0.3) is 0 Å². The van der Waals surface area contributed by atoms with E-state index in [1.807, 2.05) is 24.3 Å². The molecule has 0 aliphatic heterocycles. The first kappa shape index (κ1) is 13.9. The number of H-pyrrole nitrogens is 1. The zero-order chi connectivity index (χ0) is 11.5. The molecular weight excluding hydrogens is 231 g/mol. The minimum Gasteiger partial charge on any atom is -0.548 e. The van der Waals surface area contributed by atoms with E-state index in [9.17, 15) is 14.8 Å².